The van der Waals surface area contributed by atoms with Gasteiger partial charge in [0.1, 0.15) is 0 Å². The second-order valence-electron chi connectivity index (χ2n) is 12.8. The van der Waals surface area contributed by atoms with Gasteiger partial charge < -0.3 is 4.57 Å². The molecule has 0 spiro atoms. The molecule has 0 aliphatic heterocycles. The van der Waals surface area contributed by atoms with Gasteiger partial charge in [-0.3, -0.25) is 0 Å². The molecule has 51 heavy (non-hydrogen) atoms. The summed E-state index contributed by atoms with van der Waals surface area (Å²) in [6, 6.07) is 56.1. The van der Waals surface area contributed by atoms with Gasteiger partial charge in [-0.2, -0.15) is 0 Å². The molecule has 7 aromatic carbocycles. The van der Waals surface area contributed by atoms with Crippen LogP contribution in [0.4, 0.5) is 0 Å². The van der Waals surface area contributed by atoms with Gasteiger partial charge in [-0.1, -0.05) is 115 Å². The third-order valence-corrected chi connectivity index (χ3v) is 12.1. The summed E-state index contributed by atoms with van der Waals surface area (Å²) < 4.78 is 7.53. The molecular formula is C45H26N4S2. The van der Waals surface area contributed by atoms with Crippen LogP contribution >= 0.6 is 22.7 Å². The van der Waals surface area contributed by atoms with E-state index in [0.717, 1.165) is 16.7 Å². The van der Waals surface area contributed by atoms with Crippen LogP contribution in [0.25, 0.3) is 102 Å². The number of hydrogen-bond donors (Lipinski definition) is 0. The number of para-hydroxylation sites is 1. The Bertz CT molecular complexity index is 3080. The Kier molecular flexibility index (Phi) is 6.26. The fourth-order valence-electron chi connectivity index (χ4n) is 7.45. The van der Waals surface area contributed by atoms with Gasteiger partial charge in [0.05, 0.1) is 11.0 Å². The summed E-state index contributed by atoms with van der Waals surface area (Å²) in [5, 5.41) is 7.69. The topological polar surface area (TPSA) is 43.6 Å². The van der Waals surface area contributed by atoms with Crippen molar-refractivity contribution < 1.29 is 0 Å². The Morgan fingerprint density at radius 1 is 0.333 bits per heavy atom. The number of fused-ring (bicyclic) bond motifs is 9. The smallest absolute Gasteiger partial charge is 0.164 e. The fraction of sp³-hybridized carbons (Fsp3) is 0. The third-order valence-electron chi connectivity index (χ3n) is 9.84. The molecule has 6 heteroatoms. The standard InChI is InChI=1S/C45H26N4S2/c1-3-11-27(12-4-1)43-46-44(28-13-5-2-6-14-28)48-45(47-43)29-19-21-33-34-22-20-30(24-41(34)51-40(33)23-29)49-37-17-9-7-15-31(37)35-25-36-32-16-8-10-18-39(32)50-42(36)26-38(35)49/h1-26H. The maximum atomic E-state index is 4.98. The van der Waals surface area contributed by atoms with Crippen molar-refractivity contribution >= 4 is 84.8 Å². The van der Waals surface area contributed by atoms with E-state index in [1.54, 1.807) is 0 Å². The van der Waals surface area contributed by atoms with Gasteiger partial charge in [-0.15, -0.1) is 22.7 Å². The predicted molar refractivity (Wildman–Crippen MR) is 216 cm³/mol. The van der Waals surface area contributed by atoms with Crippen LogP contribution in [0.5, 0.6) is 0 Å². The molecule has 0 N–H and O–H groups in total. The Balaban J connectivity index is 1.07. The van der Waals surface area contributed by atoms with E-state index in [1.165, 1.54) is 67.8 Å². The molecule has 0 unspecified atom stereocenters. The number of thiophene rings is 2. The maximum absolute atomic E-state index is 4.98. The van der Waals surface area contributed by atoms with Gasteiger partial charge in [0, 0.05) is 73.5 Å². The lowest BCUT2D eigenvalue weighted by Gasteiger charge is -2.08. The van der Waals surface area contributed by atoms with Crippen LogP contribution in [0.3, 0.4) is 0 Å². The molecule has 4 aromatic heterocycles. The van der Waals surface area contributed by atoms with Gasteiger partial charge in [-0.25, -0.2) is 15.0 Å². The first kappa shape index (κ1) is 28.6. The normalized spacial score (nSPS) is 11.9. The summed E-state index contributed by atoms with van der Waals surface area (Å²) in [6.07, 6.45) is 0. The summed E-state index contributed by atoms with van der Waals surface area (Å²) in [5.74, 6) is 2.00. The first-order chi connectivity index (χ1) is 25.2. The molecule has 11 aromatic rings. The van der Waals surface area contributed by atoms with Gasteiger partial charge in [0.25, 0.3) is 0 Å². The van der Waals surface area contributed by atoms with Gasteiger partial charge >= 0.3 is 0 Å². The number of rotatable bonds is 4. The van der Waals surface area contributed by atoms with Crippen molar-refractivity contribution in [3.05, 3.63) is 158 Å². The molecule has 0 amide bonds. The summed E-state index contributed by atoms with van der Waals surface area (Å²) >= 11 is 3.69. The molecule has 11 rings (SSSR count). The Hall–Kier alpha value is -6.21. The van der Waals surface area contributed by atoms with E-state index in [1.807, 2.05) is 83.3 Å². The summed E-state index contributed by atoms with van der Waals surface area (Å²) in [7, 11) is 0. The quantitative estimate of drug-likeness (QED) is 0.185. The second kappa shape index (κ2) is 11.2. The van der Waals surface area contributed by atoms with Crippen LogP contribution in [0.2, 0.25) is 0 Å². The minimum Gasteiger partial charge on any atom is -0.309 e. The van der Waals surface area contributed by atoms with Crippen molar-refractivity contribution in [3.63, 3.8) is 0 Å². The lowest BCUT2D eigenvalue weighted by molar-refractivity contribution is 1.07. The fourth-order valence-corrected chi connectivity index (χ4v) is 9.75. The second-order valence-corrected chi connectivity index (χ2v) is 15.0. The van der Waals surface area contributed by atoms with E-state index in [4.69, 9.17) is 15.0 Å². The molecule has 0 bridgehead atoms. The average Bonchev–Trinajstić information content (AvgIpc) is 3.85. The number of benzene rings is 7. The minimum atomic E-state index is 0.666. The number of hydrogen-bond acceptors (Lipinski definition) is 5. The Morgan fingerprint density at radius 3 is 1.63 bits per heavy atom. The van der Waals surface area contributed by atoms with Crippen LogP contribution in [-0.2, 0) is 0 Å². The summed E-state index contributed by atoms with van der Waals surface area (Å²) in [4.78, 5) is 14.8. The molecule has 0 aliphatic rings. The van der Waals surface area contributed by atoms with Gasteiger partial charge in [-0.05, 0) is 42.5 Å². The van der Waals surface area contributed by atoms with Crippen LogP contribution < -0.4 is 0 Å². The third kappa shape index (κ3) is 4.54. The average molecular weight is 687 g/mol. The van der Waals surface area contributed by atoms with E-state index < -0.39 is 0 Å². The van der Waals surface area contributed by atoms with Crippen LogP contribution in [0, 0.1) is 0 Å². The molecule has 0 atom stereocenters. The van der Waals surface area contributed by atoms with Gasteiger partial charge in [0.2, 0.25) is 0 Å². The molecule has 0 fully saturated rings. The van der Waals surface area contributed by atoms with Crippen LogP contribution in [-0.4, -0.2) is 19.5 Å². The Labute approximate surface area is 300 Å². The van der Waals surface area contributed by atoms with Gasteiger partial charge in [0.15, 0.2) is 17.5 Å². The van der Waals surface area contributed by atoms with E-state index in [2.05, 4.69) is 102 Å². The molecule has 4 heterocycles. The van der Waals surface area contributed by atoms with E-state index in [0.29, 0.717) is 17.5 Å². The molecule has 0 saturated heterocycles. The minimum absolute atomic E-state index is 0.666. The molecular weight excluding hydrogens is 661 g/mol. The van der Waals surface area contributed by atoms with E-state index >= 15 is 0 Å². The largest absolute Gasteiger partial charge is 0.309 e. The molecule has 0 radical (unpaired) electrons. The van der Waals surface area contributed by atoms with Crippen molar-refractivity contribution in [2.24, 2.45) is 0 Å². The highest BCUT2D eigenvalue weighted by Gasteiger charge is 2.18. The molecule has 0 aliphatic carbocycles. The van der Waals surface area contributed by atoms with Crippen molar-refractivity contribution in [2.75, 3.05) is 0 Å². The highest BCUT2D eigenvalue weighted by Crippen LogP contribution is 2.42. The lowest BCUT2D eigenvalue weighted by atomic mass is 10.1. The zero-order chi connectivity index (χ0) is 33.5. The lowest BCUT2D eigenvalue weighted by Crippen LogP contribution is -1.99. The molecule has 238 valence electrons. The van der Waals surface area contributed by atoms with Crippen LogP contribution in [0.1, 0.15) is 0 Å². The maximum Gasteiger partial charge on any atom is 0.164 e. The van der Waals surface area contributed by atoms with E-state index in [9.17, 15) is 0 Å². The Morgan fingerprint density at radius 2 is 0.882 bits per heavy atom. The number of nitrogens with zero attached hydrogens (tertiary/aromatic N) is 4. The van der Waals surface area contributed by atoms with Crippen molar-refractivity contribution in [1.29, 1.82) is 0 Å². The number of aromatic nitrogens is 4. The zero-order valence-electron chi connectivity index (χ0n) is 27.1. The first-order valence-electron chi connectivity index (χ1n) is 16.9. The highest BCUT2D eigenvalue weighted by molar-refractivity contribution is 7.26. The van der Waals surface area contributed by atoms with Crippen molar-refractivity contribution in [2.45, 2.75) is 0 Å². The SMILES string of the molecule is c1ccc(-c2nc(-c3ccccc3)nc(-c3ccc4c(c3)sc3cc(-n5c6ccccc6c6cc7c(cc65)sc5ccccc57)ccc34)n2)cc1. The highest BCUT2D eigenvalue weighted by atomic mass is 32.1. The van der Waals surface area contributed by atoms with Crippen molar-refractivity contribution in [1.82, 2.24) is 19.5 Å². The summed E-state index contributed by atoms with van der Waals surface area (Å²) in [6.45, 7) is 0. The first-order valence-corrected chi connectivity index (χ1v) is 18.6. The molecule has 4 nitrogen and oxygen atoms in total. The predicted octanol–water partition coefficient (Wildman–Crippen LogP) is 12.7. The summed E-state index contributed by atoms with van der Waals surface area (Å²) in [5.41, 5.74) is 6.52. The monoisotopic (exact) mass is 686 g/mol. The zero-order valence-corrected chi connectivity index (χ0v) is 28.7. The van der Waals surface area contributed by atoms with Crippen molar-refractivity contribution in [3.8, 4) is 39.9 Å². The van der Waals surface area contributed by atoms with Crippen LogP contribution in [0.15, 0.2) is 158 Å². The molecule has 0 saturated carbocycles. The van der Waals surface area contributed by atoms with E-state index in [-0.39, 0.29) is 0 Å².